The zero-order valence-electron chi connectivity index (χ0n) is 12.3. The number of rotatable bonds is 6. The van der Waals surface area contributed by atoms with Crippen LogP contribution in [0.5, 0.6) is 11.5 Å². The number of aliphatic carboxylic acids is 1. The van der Waals surface area contributed by atoms with Crippen LogP contribution < -0.4 is 14.8 Å². The van der Waals surface area contributed by atoms with E-state index in [1.807, 2.05) is 13.8 Å². The predicted octanol–water partition coefficient (Wildman–Crippen LogP) is 2.29. The van der Waals surface area contributed by atoms with E-state index in [0.717, 1.165) is 0 Å². The summed E-state index contributed by atoms with van der Waals surface area (Å²) in [4.78, 5) is 23.2. The predicted molar refractivity (Wildman–Crippen MR) is 76.7 cm³/mol. The van der Waals surface area contributed by atoms with E-state index in [2.05, 4.69) is 5.32 Å². The van der Waals surface area contributed by atoms with E-state index in [4.69, 9.17) is 14.6 Å². The Morgan fingerprint density at radius 2 is 1.95 bits per heavy atom. The Morgan fingerprint density at radius 1 is 1.29 bits per heavy atom. The van der Waals surface area contributed by atoms with Crippen LogP contribution in [0, 0.1) is 5.41 Å². The van der Waals surface area contributed by atoms with Gasteiger partial charge in [-0.25, -0.2) is 0 Å². The fourth-order valence-electron chi connectivity index (χ4n) is 2.01. The Kier molecular flexibility index (Phi) is 4.06. The van der Waals surface area contributed by atoms with E-state index in [9.17, 15) is 9.59 Å². The third-order valence-corrected chi connectivity index (χ3v) is 3.38. The fourth-order valence-corrected chi connectivity index (χ4v) is 2.01. The summed E-state index contributed by atoms with van der Waals surface area (Å²) >= 11 is 0. The first-order valence-corrected chi connectivity index (χ1v) is 6.78. The minimum absolute atomic E-state index is 0.0429. The molecule has 2 rings (SSSR count). The molecular formula is C15H19NO5. The van der Waals surface area contributed by atoms with E-state index in [-0.39, 0.29) is 6.10 Å². The number of carboxylic acid groups (broad SMARTS) is 1. The van der Waals surface area contributed by atoms with Crippen molar-refractivity contribution in [3.63, 3.8) is 0 Å². The van der Waals surface area contributed by atoms with Gasteiger partial charge in [0.25, 0.3) is 0 Å². The van der Waals surface area contributed by atoms with Crippen molar-refractivity contribution in [1.82, 2.24) is 0 Å². The lowest BCUT2D eigenvalue weighted by Crippen LogP contribution is -2.31. The van der Waals surface area contributed by atoms with Gasteiger partial charge >= 0.3 is 5.97 Å². The zero-order valence-corrected chi connectivity index (χ0v) is 12.3. The van der Waals surface area contributed by atoms with Gasteiger partial charge < -0.3 is 19.9 Å². The molecule has 2 N–H and O–H groups in total. The van der Waals surface area contributed by atoms with E-state index in [1.165, 1.54) is 7.11 Å². The smallest absolute Gasteiger partial charge is 0.319 e. The third-order valence-electron chi connectivity index (χ3n) is 3.38. The van der Waals surface area contributed by atoms with Crippen LogP contribution in [0.3, 0.4) is 0 Å². The molecule has 1 aliphatic carbocycles. The number of hydrogen-bond acceptors (Lipinski definition) is 4. The van der Waals surface area contributed by atoms with Crippen LogP contribution in [0.1, 0.15) is 26.7 Å². The Balaban J connectivity index is 2.17. The summed E-state index contributed by atoms with van der Waals surface area (Å²) in [6, 6.07) is 4.96. The number of methoxy groups -OCH3 is 1. The molecule has 0 spiro atoms. The molecule has 6 nitrogen and oxygen atoms in total. The number of carbonyl (C=O) groups excluding carboxylic acids is 1. The van der Waals surface area contributed by atoms with Gasteiger partial charge in [-0.1, -0.05) is 0 Å². The maximum Gasteiger partial charge on any atom is 0.319 e. The van der Waals surface area contributed by atoms with Crippen LogP contribution in [0.4, 0.5) is 5.69 Å². The van der Waals surface area contributed by atoms with Gasteiger partial charge in [-0.2, -0.15) is 0 Å². The summed E-state index contributed by atoms with van der Waals surface area (Å²) in [5, 5.41) is 11.7. The lowest BCUT2D eigenvalue weighted by Gasteiger charge is -2.16. The summed E-state index contributed by atoms with van der Waals surface area (Å²) < 4.78 is 10.8. The van der Waals surface area contributed by atoms with Crippen molar-refractivity contribution in [2.24, 2.45) is 5.41 Å². The average Bonchev–Trinajstić information content (AvgIpc) is 3.19. The molecule has 1 amide bonds. The molecule has 21 heavy (non-hydrogen) atoms. The number of amides is 1. The van der Waals surface area contributed by atoms with Crippen LogP contribution in [-0.2, 0) is 9.59 Å². The number of anilines is 1. The van der Waals surface area contributed by atoms with Crippen molar-refractivity contribution in [2.75, 3.05) is 12.4 Å². The highest BCUT2D eigenvalue weighted by Gasteiger charge is 2.57. The molecule has 0 unspecified atom stereocenters. The summed E-state index contributed by atoms with van der Waals surface area (Å²) in [6.45, 7) is 3.77. The Morgan fingerprint density at radius 3 is 2.43 bits per heavy atom. The molecule has 114 valence electrons. The topological polar surface area (TPSA) is 84.9 Å². The van der Waals surface area contributed by atoms with Crippen LogP contribution in [0.2, 0.25) is 0 Å². The van der Waals surface area contributed by atoms with Crippen LogP contribution in [-0.4, -0.2) is 30.2 Å². The van der Waals surface area contributed by atoms with Crippen molar-refractivity contribution < 1.29 is 24.2 Å². The number of carboxylic acids is 1. The van der Waals surface area contributed by atoms with E-state index in [0.29, 0.717) is 30.0 Å². The van der Waals surface area contributed by atoms with Gasteiger partial charge in [0.2, 0.25) is 5.91 Å². The maximum absolute atomic E-state index is 12.1. The second-order valence-electron chi connectivity index (χ2n) is 5.37. The molecule has 1 saturated carbocycles. The first-order chi connectivity index (χ1) is 9.89. The normalized spacial score (nSPS) is 15.4. The summed E-state index contributed by atoms with van der Waals surface area (Å²) in [5.41, 5.74) is -0.775. The van der Waals surface area contributed by atoms with Gasteiger partial charge in [-0.15, -0.1) is 0 Å². The second-order valence-corrected chi connectivity index (χ2v) is 5.37. The standard InChI is InChI=1S/C15H19NO5/c1-9(2)21-12-8-10(4-5-11(12)20-3)16-13(17)15(6-7-15)14(18)19/h4-5,8-9H,6-7H2,1-3H3,(H,16,17)(H,18,19). The largest absolute Gasteiger partial charge is 0.493 e. The van der Waals surface area contributed by atoms with Gasteiger partial charge in [0.15, 0.2) is 11.5 Å². The molecule has 0 aromatic heterocycles. The van der Waals surface area contributed by atoms with Crippen LogP contribution >= 0.6 is 0 Å². The summed E-state index contributed by atoms with van der Waals surface area (Å²) in [7, 11) is 1.53. The highest BCUT2D eigenvalue weighted by Crippen LogP contribution is 2.47. The molecule has 0 atom stereocenters. The van der Waals surface area contributed by atoms with Crippen molar-refractivity contribution in [1.29, 1.82) is 0 Å². The molecule has 0 bridgehead atoms. The summed E-state index contributed by atoms with van der Waals surface area (Å²) in [5.74, 6) is -0.505. The Bertz CT molecular complexity index is 563. The van der Waals surface area contributed by atoms with E-state index in [1.54, 1.807) is 18.2 Å². The molecular weight excluding hydrogens is 274 g/mol. The lowest BCUT2D eigenvalue weighted by molar-refractivity contribution is -0.147. The van der Waals surface area contributed by atoms with Crippen LogP contribution in [0.25, 0.3) is 0 Å². The molecule has 1 aromatic rings. The maximum atomic E-state index is 12.1. The minimum Gasteiger partial charge on any atom is -0.493 e. The minimum atomic E-state index is -1.26. The third kappa shape index (κ3) is 3.09. The first kappa shape index (κ1) is 15.2. The van der Waals surface area contributed by atoms with Gasteiger partial charge in [0.1, 0.15) is 5.41 Å². The Labute approximate surface area is 123 Å². The van der Waals surface area contributed by atoms with Crippen molar-refractivity contribution in [2.45, 2.75) is 32.8 Å². The fraction of sp³-hybridized carbons (Fsp3) is 0.467. The quantitative estimate of drug-likeness (QED) is 0.786. The molecule has 0 saturated heterocycles. The zero-order chi connectivity index (χ0) is 15.6. The molecule has 1 aromatic carbocycles. The average molecular weight is 293 g/mol. The number of carbonyl (C=O) groups is 2. The monoisotopic (exact) mass is 293 g/mol. The van der Waals surface area contributed by atoms with Gasteiger partial charge in [0.05, 0.1) is 13.2 Å². The number of benzene rings is 1. The molecule has 6 heteroatoms. The molecule has 0 radical (unpaired) electrons. The second kappa shape index (κ2) is 5.63. The Hall–Kier alpha value is -2.24. The van der Waals surface area contributed by atoms with E-state index < -0.39 is 17.3 Å². The van der Waals surface area contributed by atoms with Gasteiger partial charge in [-0.05, 0) is 38.8 Å². The highest BCUT2D eigenvalue weighted by molar-refractivity contribution is 6.10. The van der Waals surface area contributed by atoms with Crippen LogP contribution in [0.15, 0.2) is 18.2 Å². The van der Waals surface area contributed by atoms with Crippen molar-refractivity contribution >= 4 is 17.6 Å². The van der Waals surface area contributed by atoms with Gasteiger partial charge in [-0.3, -0.25) is 9.59 Å². The van der Waals surface area contributed by atoms with Crippen molar-refractivity contribution in [3.8, 4) is 11.5 Å². The van der Waals surface area contributed by atoms with Crippen molar-refractivity contribution in [3.05, 3.63) is 18.2 Å². The number of nitrogens with one attached hydrogen (secondary N) is 1. The molecule has 0 aliphatic heterocycles. The molecule has 1 fully saturated rings. The number of hydrogen-bond donors (Lipinski definition) is 2. The summed E-state index contributed by atoms with van der Waals surface area (Å²) in [6.07, 6.45) is 0.706. The first-order valence-electron chi connectivity index (χ1n) is 6.78. The highest BCUT2D eigenvalue weighted by atomic mass is 16.5. The molecule has 1 aliphatic rings. The van der Waals surface area contributed by atoms with E-state index >= 15 is 0 Å². The molecule has 0 heterocycles. The number of ether oxygens (including phenoxy) is 2. The SMILES string of the molecule is COc1ccc(NC(=O)C2(C(=O)O)CC2)cc1OC(C)C. The lowest BCUT2D eigenvalue weighted by atomic mass is 10.1. The van der Waals surface area contributed by atoms with Gasteiger partial charge in [0, 0.05) is 11.8 Å².